The highest BCUT2D eigenvalue weighted by molar-refractivity contribution is 6.01. The van der Waals surface area contributed by atoms with E-state index < -0.39 is 223 Å². The van der Waals surface area contributed by atoms with Crippen LogP contribution in [0.2, 0.25) is 0 Å². The summed E-state index contributed by atoms with van der Waals surface area (Å²) in [6.07, 6.45) is 2.34. The zero-order valence-electron chi connectivity index (χ0n) is 70.7. The Balaban J connectivity index is 1.05. The number of aliphatic hydroxyl groups is 2. The quantitative estimate of drug-likeness (QED) is 0.0166. The number of rotatable bonds is 51. The van der Waals surface area contributed by atoms with Crippen LogP contribution in [-0.4, -0.2) is 333 Å². The van der Waals surface area contributed by atoms with Crippen LogP contribution in [-0.2, 0) is 83.1 Å². The normalized spacial score (nSPS) is 18.2. The predicted molar refractivity (Wildman–Crippen MR) is 455 cm³/mol. The molecule has 702 valence electrons. The first kappa shape index (κ1) is 102. The van der Waals surface area contributed by atoms with Crippen LogP contribution in [0.4, 0.5) is 0 Å². The van der Waals surface area contributed by atoms with Gasteiger partial charge in [0.05, 0.1) is 32.2 Å². The van der Waals surface area contributed by atoms with Crippen molar-refractivity contribution < 1.29 is 97.1 Å². The number of para-hydroxylation sites is 1. The molecule has 0 aliphatic carbocycles. The van der Waals surface area contributed by atoms with Crippen LogP contribution < -0.4 is 114 Å². The van der Waals surface area contributed by atoms with Gasteiger partial charge in [0.25, 0.3) is 0 Å². The highest BCUT2D eigenvalue weighted by Gasteiger charge is 2.48. The van der Waals surface area contributed by atoms with Crippen molar-refractivity contribution in [3.05, 3.63) is 36.0 Å². The van der Waals surface area contributed by atoms with Crippen molar-refractivity contribution in [1.82, 2.24) is 104 Å². The number of nitrogens with one attached hydrogen (secondary N) is 21. The van der Waals surface area contributed by atoms with Gasteiger partial charge in [-0.1, -0.05) is 18.2 Å². The number of nitrogens with two attached hydrogens (primary N) is 6. The molecule has 1 aromatic heterocycles. The third kappa shape index (κ3) is 32.2. The van der Waals surface area contributed by atoms with Crippen LogP contribution in [0.1, 0.15) is 134 Å². The summed E-state index contributed by atoms with van der Waals surface area (Å²) in [6, 6.07) is -13.2. The van der Waals surface area contributed by atoms with Crippen LogP contribution in [0.5, 0.6) is 0 Å². The molecule has 2 aromatic rings. The van der Waals surface area contributed by atoms with Gasteiger partial charge < -0.3 is 159 Å². The number of aromatic nitrogens is 1. The number of benzene rings is 1. The zero-order chi connectivity index (χ0) is 93.7. The molecule has 4 fully saturated rings. The summed E-state index contributed by atoms with van der Waals surface area (Å²) in [5.41, 5.74) is 34.6. The topological polar surface area (TPSA) is 839 Å². The third-order valence-corrected chi connectivity index (χ3v) is 21.7. The fourth-order valence-electron chi connectivity index (χ4n) is 15.1. The van der Waals surface area contributed by atoms with Crippen molar-refractivity contribution in [2.24, 2.45) is 34.4 Å². The highest BCUT2D eigenvalue weighted by atomic mass is 16.4. The van der Waals surface area contributed by atoms with Crippen molar-refractivity contribution in [3.8, 4) is 0 Å². The summed E-state index contributed by atoms with van der Waals surface area (Å²) in [4.78, 5) is 230. The average molecular weight is 1790 g/mol. The first-order valence-corrected chi connectivity index (χ1v) is 41.9. The molecule has 14 amide bonds. The minimum absolute atomic E-state index is 0.0116. The van der Waals surface area contributed by atoms with E-state index >= 15 is 0 Å². The smallest absolute Gasteiger partial charge is 0.326 e. The summed E-state index contributed by atoms with van der Waals surface area (Å²) in [5, 5.41) is 117. The number of carbonyl (C=O) groups excluding carboxylic acids is 14. The number of carboxylic acid groups (broad SMARTS) is 2. The van der Waals surface area contributed by atoms with E-state index in [9.17, 15) is 97.1 Å². The van der Waals surface area contributed by atoms with Gasteiger partial charge in [-0.05, 0) is 134 Å². The molecule has 0 bridgehead atoms. The van der Waals surface area contributed by atoms with Crippen molar-refractivity contribution in [2.75, 3.05) is 78.7 Å². The lowest BCUT2D eigenvalue weighted by atomic mass is 10.0. The van der Waals surface area contributed by atoms with E-state index in [0.717, 1.165) is 4.90 Å². The van der Waals surface area contributed by atoms with Crippen LogP contribution >= 0.6 is 0 Å². The summed E-state index contributed by atoms with van der Waals surface area (Å²) < 4.78 is 0. The lowest BCUT2D eigenvalue weighted by Crippen LogP contribution is -2.60. The molecule has 4 aliphatic heterocycles. The van der Waals surface area contributed by atoms with Crippen LogP contribution in [0, 0.1) is 27.0 Å². The Labute approximate surface area is 730 Å². The summed E-state index contributed by atoms with van der Waals surface area (Å²) in [6.45, 7) is -1.19. The average Bonchev–Trinajstić information content (AvgIpc) is 1.64. The second kappa shape index (κ2) is 51.1. The Morgan fingerprint density at radius 1 is 0.425 bits per heavy atom. The van der Waals surface area contributed by atoms with Gasteiger partial charge in [-0.25, -0.2) is 4.79 Å². The first-order valence-electron chi connectivity index (χ1n) is 41.9. The number of carboxylic acids is 2. The molecule has 0 spiro atoms. The Kier molecular flexibility index (Phi) is 41.1. The minimum Gasteiger partial charge on any atom is -0.481 e. The lowest BCUT2D eigenvalue weighted by Gasteiger charge is -2.35. The molecular formula is C76H123N31O20. The molecule has 127 heavy (non-hydrogen) atoms. The van der Waals surface area contributed by atoms with E-state index in [-0.39, 0.29) is 167 Å². The molecule has 0 saturated carbocycles. The maximum absolute atomic E-state index is 14.6. The monoisotopic (exact) mass is 1790 g/mol. The number of nitrogens with zero attached hydrogens (tertiary/aromatic N) is 4. The molecule has 51 nitrogen and oxygen atoms in total. The molecule has 37 N–H and O–H groups in total. The largest absolute Gasteiger partial charge is 0.481 e. The Hall–Kier alpha value is -13.5. The Bertz CT molecular complexity index is 4290. The number of carbonyl (C=O) groups is 16. The maximum atomic E-state index is 14.6. The molecule has 4 aliphatic rings. The summed E-state index contributed by atoms with van der Waals surface area (Å²) >= 11 is 0. The molecule has 51 heteroatoms. The van der Waals surface area contributed by atoms with E-state index in [0.29, 0.717) is 42.1 Å². The minimum atomic E-state index is -2.03. The number of guanidine groups is 5. The van der Waals surface area contributed by atoms with E-state index in [2.05, 4.69) is 84.7 Å². The summed E-state index contributed by atoms with van der Waals surface area (Å²) in [7, 11) is 0. The SMILES string of the molecule is C[C@H](NC(=O)[C@@H]1CCCN1C(=O)[C@@H]1CCCN1C(=O)[C@@H]1CCCN1C(=O)[C@H](CCCNC(=N)N)NC(=O)[C@@H](N)CCCNC(=N)N)C(=O)N[C@@H](CO)C(=O)NCC(=O)N1CCC[C@H]1C(=O)N[C@@H](CC(=O)O)C(=O)N[C@@H](CO)C(=O)N[C@@H](CCCNC(=N)N)C(=O)N[C@@H](CCCNC(=N)N)C(=O)N[C@@H](CCCNC(=N)N)C(=O)N[C@@H](Cc1c[nH]c2ccccc12)C(=O)O. The molecular weight excluding hydrogens is 1670 g/mol. The number of aliphatic carboxylic acids is 2. The van der Waals surface area contributed by atoms with E-state index in [4.69, 9.17) is 61.4 Å². The molecule has 0 unspecified atom stereocenters. The first-order chi connectivity index (χ1) is 60.3. The van der Waals surface area contributed by atoms with Crippen LogP contribution in [0.3, 0.4) is 0 Å². The number of H-pyrrole nitrogens is 1. The van der Waals surface area contributed by atoms with Crippen molar-refractivity contribution in [1.29, 1.82) is 27.0 Å². The second-order valence-corrected chi connectivity index (χ2v) is 31.1. The molecule has 4 saturated heterocycles. The number of amides is 14. The van der Waals surface area contributed by atoms with Gasteiger partial charge in [-0.15, -0.1) is 0 Å². The number of aliphatic hydroxyl groups excluding tert-OH is 2. The highest BCUT2D eigenvalue weighted by Crippen LogP contribution is 2.30. The zero-order valence-corrected chi connectivity index (χ0v) is 70.7. The van der Waals surface area contributed by atoms with E-state index in [1.54, 1.807) is 30.5 Å². The van der Waals surface area contributed by atoms with Crippen LogP contribution in [0.25, 0.3) is 10.9 Å². The van der Waals surface area contributed by atoms with Crippen LogP contribution in [0.15, 0.2) is 30.5 Å². The van der Waals surface area contributed by atoms with Gasteiger partial charge in [-0.3, -0.25) is 99.0 Å². The molecule has 6 rings (SSSR count). The van der Waals surface area contributed by atoms with Gasteiger partial charge in [-0.2, -0.15) is 0 Å². The standard InChI is InChI=1S/C76H123N31O20/c1-39(95-66(121)53-21-10-30-105(53)69(124)55-23-12-32-107(55)70(125)54-22-11-31-106(54)68(123)47(19-8-28-92-76(86)87)99-59(114)42(77)14-4-24-88-72(78)79)58(113)102-50(37-108)60(115)94-36-56(110)104-29-9-20-52(104)67(122)100-48(34-57(111)112)64(119)103-51(38-109)65(120)98-45(17-6-26-90-74(82)83)62(117)96-44(16-5-25-89-73(80)81)61(116)97-46(18-7-27-91-75(84)85)63(118)101-49(71(126)127)33-40-35-93-43-15-3-2-13-41(40)43/h2-3,13,15,35,39,42,44-55,93,108-109H,4-12,14,16-34,36-38,77H2,1H3,(H,94,115)(H,95,121)(H,96,117)(H,97,116)(H,98,120)(H,99,114)(H,100,122)(H,101,118)(H,102,113)(H,103,119)(H,111,112)(H,126,127)(H4,78,79,88)(H4,80,81,89)(H4,82,83,90)(H4,84,85,91)(H4,86,87,92)/t39-,42-,44-,45-,46-,47-,48-,49-,50-,51-,52-,53-,54-,55-/m0/s1. The number of aromatic amines is 1. The maximum Gasteiger partial charge on any atom is 0.326 e. The predicted octanol–water partition coefficient (Wildman–Crippen LogP) is -10.6. The van der Waals surface area contributed by atoms with Crippen molar-refractivity contribution in [3.63, 3.8) is 0 Å². The molecule has 0 radical (unpaired) electrons. The van der Waals surface area contributed by atoms with Gasteiger partial charge >= 0.3 is 11.9 Å². The number of hydrogen-bond donors (Lipinski definition) is 31. The fraction of sp³-hybridized carbons (Fsp3) is 0.618. The van der Waals surface area contributed by atoms with Gasteiger partial charge in [0, 0.05) is 82.4 Å². The number of hydrogen-bond acceptors (Lipinski definition) is 24. The van der Waals surface area contributed by atoms with Crippen molar-refractivity contribution >= 4 is 135 Å². The Morgan fingerprint density at radius 3 is 1.27 bits per heavy atom. The lowest BCUT2D eigenvalue weighted by molar-refractivity contribution is -0.151. The molecule has 5 heterocycles. The Morgan fingerprint density at radius 2 is 0.795 bits per heavy atom. The summed E-state index contributed by atoms with van der Waals surface area (Å²) in [5.74, 6) is -17.8. The van der Waals surface area contributed by atoms with Gasteiger partial charge in [0.1, 0.15) is 78.5 Å². The number of fused-ring (bicyclic) bond motifs is 1. The van der Waals surface area contributed by atoms with Gasteiger partial charge in [0.2, 0.25) is 82.7 Å². The van der Waals surface area contributed by atoms with E-state index in [1.165, 1.54) is 21.6 Å². The molecule has 1 aromatic carbocycles. The fourth-order valence-corrected chi connectivity index (χ4v) is 15.1. The third-order valence-electron chi connectivity index (χ3n) is 21.7. The second-order valence-electron chi connectivity index (χ2n) is 31.1. The van der Waals surface area contributed by atoms with E-state index in [1.807, 2.05) is 0 Å². The molecule has 14 atom stereocenters. The van der Waals surface area contributed by atoms with Crippen molar-refractivity contribution in [2.45, 2.75) is 220 Å². The number of likely N-dealkylation sites (tertiary alicyclic amines) is 4. The van der Waals surface area contributed by atoms with Gasteiger partial charge in [0.15, 0.2) is 29.8 Å².